The van der Waals surface area contributed by atoms with Crippen molar-refractivity contribution in [1.29, 1.82) is 0 Å². The lowest BCUT2D eigenvalue weighted by Crippen LogP contribution is -2.44. The molecule has 1 heterocycles. The van der Waals surface area contributed by atoms with E-state index < -0.39 is 40.1 Å². The van der Waals surface area contributed by atoms with E-state index in [0.29, 0.717) is 11.1 Å². The third-order valence-electron chi connectivity index (χ3n) is 5.84. The predicted octanol–water partition coefficient (Wildman–Crippen LogP) is 2.83. The summed E-state index contributed by atoms with van der Waals surface area (Å²) in [5.74, 6) is -3.95. The van der Waals surface area contributed by atoms with Gasteiger partial charge in [-0.05, 0) is 18.6 Å². The number of nitro groups is 1. The topological polar surface area (TPSA) is 122 Å². The first kappa shape index (κ1) is 21.2. The number of non-ortho nitro benzene ring substituents is 1. The molecule has 1 aliphatic heterocycles. The first-order valence-corrected chi connectivity index (χ1v) is 9.89. The Morgan fingerprint density at radius 1 is 1.16 bits per heavy atom. The minimum Gasteiger partial charge on any atom is -0.466 e. The van der Waals surface area contributed by atoms with Crippen LogP contribution in [0.15, 0.2) is 60.2 Å². The van der Waals surface area contributed by atoms with Gasteiger partial charge in [-0.15, -0.1) is 0 Å². The summed E-state index contributed by atoms with van der Waals surface area (Å²) in [5, 5.41) is 11.1. The molecule has 1 aliphatic carbocycles. The van der Waals surface area contributed by atoms with Gasteiger partial charge in [-0.3, -0.25) is 19.7 Å². The van der Waals surface area contributed by atoms with Crippen LogP contribution in [0.4, 0.5) is 5.69 Å². The Balaban J connectivity index is 1.96. The van der Waals surface area contributed by atoms with Gasteiger partial charge in [-0.25, -0.2) is 4.79 Å². The van der Waals surface area contributed by atoms with Crippen molar-refractivity contribution in [3.8, 4) is 5.75 Å². The Hall–Kier alpha value is -4.01. The molecule has 2 aliphatic rings. The maximum absolute atomic E-state index is 13.3. The molecule has 0 aromatic heterocycles. The molecule has 9 nitrogen and oxygen atoms in total. The van der Waals surface area contributed by atoms with E-state index in [4.69, 9.17) is 14.2 Å². The molecule has 1 spiro atoms. The molecule has 0 radical (unpaired) electrons. The molecule has 0 N–H and O–H groups in total. The van der Waals surface area contributed by atoms with Gasteiger partial charge in [0.15, 0.2) is 0 Å². The highest BCUT2D eigenvalue weighted by atomic mass is 16.6. The van der Waals surface area contributed by atoms with Crippen molar-refractivity contribution in [2.75, 3.05) is 13.7 Å². The van der Waals surface area contributed by atoms with Gasteiger partial charge in [0, 0.05) is 29.2 Å². The van der Waals surface area contributed by atoms with Gasteiger partial charge in [-0.2, -0.15) is 0 Å². The number of hydrogen-bond donors (Lipinski definition) is 0. The molecule has 3 atom stereocenters. The van der Waals surface area contributed by atoms with Gasteiger partial charge in [0.1, 0.15) is 11.2 Å². The van der Waals surface area contributed by atoms with E-state index in [2.05, 4.69) is 0 Å². The maximum atomic E-state index is 13.3. The van der Waals surface area contributed by atoms with E-state index in [9.17, 15) is 24.5 Å². The highest BCUT2D eigenvalue weighted by molar-refractivity contribution is 6.04. The number of rotatable bonds is 5. The summed E-state index contributed by atoms with van der Waals surface area (Å²) < 4.78 is 15.7. The van der Waals surface area contributed by atoms with Crippen LogP contribution < -0.4 is 4.74 Å². The number of ether oxygens (including phenoxy) is 3. The lowest BCUT2D eigenvalue weighted by molar-refractivity contribution is -0.384. The number of nitrogens with zero attached hydrogens (tertiary/aromatic N) is 1. The largest absolute Gasteiger partial charge is 0.466 e. The van der Waals surface area contributed by atoms with Crippen molar-refractivity contribution in [2.24, 2.45) is 5.92 Å². The number of benzene rings is 2. The Morgan fingerprint density at radius 2 is 1.84 bits per heavy atom. The second-order valence-corrected chi connectivity index (χ2v) is 7.40. The molecule has 32 heavy (non-hydrogen) atoms. The molecule has 0 saturated heterocycles. The molecular formula is C23H19NO8. The number of fused-ring (bicyclic) bond motifs is 2. The normalized spacial score (nSPS) is 23.3. The third-order valence-corrected chi connectivity index (χ3v) is 5.84. The summed E-state index contributed by atoms with van der Waals surface area (Å²) >= 11 is 0. The molecule has 0 unspecified atom stereocenters. The standard InChI is InChI=1S/C23H19NO8/c1-3-31-21(26)19-18(13-8-10-14(11-9-13)24(28)29)15(20(25)30-2)12-23(19)16-6-4-5-7-17(16)32-22(23)27/h4-12,18-19H,3H2,1-2H3/t18-,19-,23-/m0/s1. The monoisotopic (exact) mass is 437 g/mol. The number of hydrogen-bond acceptors (Lipinski definition) is 8. The quantitative estimate of drug-likeness (QED) is 0.303. The van der Waals surface area contributed by atoms with Crippen LogP contribution in [-0.4, -0.2) is 36.5 Å². The van der Waals surface area contributed by atoms with Crippen LogP contribution in [0, 0.1) is 16.0 Å². The Labute approximate surface area is 182 Å². The van der Waals surface area contributed by atoms with Crippen LogP contribution in [0.25, 0.3) is 0 Å². The molecule has 0 saturated carbocycles. The molecule has 164 valence electrons. The van der Waals surface area contributed by atoms with Gasteiger partial charge in [0.05, 0.1) is 24.6 Å². The molecular weight excluding hydrogens is 418 g/mol. The van der Waals surface area contributed by atoms with Gasteiger partial charge in [-0.1, -0.05) is 36.4 Å². The van der Waals surface area contributed by atoms with Gasteiger partial charge < -0.3 is 14.2 Å². The van der Waals surface area contributed by atoms with Gasteiger partial charge >= 0.3 is 17.9 Å². The van der Waals surface area contributed by atoms with Crippen LogP contribution in [0.5, 0.6) is 5.75 Å². The van der Waals surface area contributed by atoms with Crippen molar-refractivity contribution in [3.05, 3.63) is 81.4 Å². The number of methoxy groups -OCH3 is 1. The lowest BCUT2D eigenvalue weighted by atomic mass is 9.69. The first-order valence-electron chi connectivity index (χ1n) is 9.89. The summed E-state index contributed by atoms with van der Waals surface area (Å²) in [5.41, 5.74) is -0.802. The second-order valence-electron chi connectivity index (χ2n) is 7.40. The van der Waals surface area contributed by atoms with Gasteiger partial charge in [0.2, 0.25) is 0 Å². The zero-order valence-electron chi connectivity index (χ0n) is 17.3. The van der Waals surface area contributed by atoms with Crippen molar-refractivity contribution in [3.63, 3.8) is 0 Å². The third kappa shape index (κ3) is 3.05. The molecule has 2 aromatic rings. The van der Waals surface area contributed by atoms with Crippen LogP contribution in [0.2, 0.25) is 0 Å². The van der Waals surface area contributed by atoms with E-state index in [1.807, 2.05) is 0 Å². The van der Waals surface area contributed by atoms with E-state index in [0.717, 1.165) is 0 Å². The Kier molecular flexibility index (Phi) is 5.25. The Morgan fingerprint density at radius 3 is 2.47 bits per heavy atom. The van der Waals surface area contributed by atoms with Crippen molar-refractivity contribution in [2.45, 2.75) is 18.3 Å². The average molecular weight is 437 g/mol. The second kappa shape index (κ2) is 7.92. The minimum atomic E-state index is -1.60. The highest BCUT2D eigenvalue weighted by Gasteiger charge is 2.64. The average Bonchev–Trinajstić information content (AvgIpc) is 3.29. The van der Waals surface area contributed by atoms with E-state index in [-0.39, 0.29) is 23.6 Å². The van der Waals surface area contributed by atoms with Crippen molar-refractivity contribution in [1.82, 2.24) is 0 Å². The minimum absolute atomic E-state index is 0.0582. The lowest BCUT2D eigenvalue weighted by Gasteiger charge is -2.30. The molecule has 0 fully saturated rings. The van der Waals surface area contributed by atoms with Crippen LogP contribution in [-0.2, 0) is 29.3 Å². The van der Waals surface area contributed by atoms with Crippen LogP contribution >= 0.6 is 0 Å². The molecule has 2 aromatic carbocycles. The van der Waals surface area contributed by atoms with E-state index in [1.54, 1.807) is 31.2 Å². The van der Waals surface area contributed by atoms with Crippen molar-refractivity contribution < 1.29 is 33.5 Å². The summed E-state index contributed by atoms with van der Waals surface area (Å²) in [6.07, 6.45) is 1.42. The predicted molar refractivity (Wildman–Crippen MR) is 110 cm³/mol. The zero-order valence-corrected chi connectivity index (χ0v) is 17.3. The fourth-order valence-electron chi connectivity index (χ4n) is 4.52. The van der Waals surface area contributed by atoms with E-state index >= 15 is 0 Å². The fourth-order valence-corrected chi connectivity index (χ4v) is 4.52. The van der Waals surface area contributed by atoms with Crippen molar-refractivity contribution >= 4 is 23.6 Å². The van der Waals surface area contributed by atoms with Crippen LogP contribution in [0.1, 0.15) is 24.0 Å². The number of nitro benzene ring substituents is 1. The fraction of sp³-hybridized carbons (Fsp3) is 0.261. The summed E-state index contributed by atoms with van der Waals surface area (Å²) in [6, 6.07) is 12.1. The summed E-state index contributed by atoms with van der Waals surface area (Å²) in [6.45, 7) is 1.69. The number of para-hydroxylation sites is 1. The van der Waals surface area contributed by atoms with E-state index in [1.165, 1.54) is 37.5 Å². The zero-order chi connectivity index (χ0) is 23.0. The SMILES string of the molecule is CCOC(=O)[C@@H]1[C@@H](c2ccc([N+](=O)[O-])cc2)C(C(=O)OC)=C[C@@]12C(=O)Oc1ccccc12. The molecule has 4 rings (SSSR count). The number of esters is 3. The van der Waals surface area contributed by atoms with Crippen LogP contribution in [0.3, 0.4) is 0 Å². The molecule has 0 amide bonds. The number of carbonyl (C=O) groups is 3. The Bertz CT molecular complexity index is 1150. The first-order chi connectivity index (χ1) is 15.3. The number of carbonyl (C=O) groups excluding carboxylic acids is 3. The highest BCUT2D eigenvalue weighted by Crippen LogP contribution is 2.57. The summed E-state index contributed by atoms with van der Waals surface area (Å²) in [7, 11) is 1.20. The molecule has 0 bridgehead atoms. The molecule has 9 heteroatoms. The maximum Gasteiger partial charge on any atom is 0.334 e. The smallest absolute Gasteiger partial charge is 0.334 e. The summed E-state index contributed by atoms with van der Waals surface area (Å²) in [4.78, 5) is 49.8. The van der Waals surface area contributed by atoms with Gasteiger partial charge in [0.25, 0.3) is 5.69 Å².